The van der Waals surface area contributed by atoms with Gasteiger partial charge in [-0.05, 0) is 43.5 Å². The van der Waals surface area contributed by atoms with Crippen LogP contribution in [0, 0.1) is 12.7 Å². The predicted molar refractivity (Wildman–Crippen MR) is 73.8 cm³/mol. The first kappa shape index (κ1) is 16.1. The first-order valence-electron chi connectivity index (χ1n) is 6.28. The van der Waals surface area contributed by atoms with Gasteiger partial charge in [-0.2, -0.15) is 0 Å². The van der Waals surface area contributed by atoms with E-state index in [-0.39, 0.29) is 11.4 Å². The minimum atomic E-state index is -3.73. The first-order valence-corrected chi connectivity index (χ1v) is 7.76. The van der Waals surface area contributed by atoms with Crippen LogP contribution in [0.15, 0.2) is 23.1 Å². The lowest BCUT2D eigenvalue weighted by Gasteiger charge is -2.26. The quantitative estimate of drug-likeness (QED) is 0.840. The number of hydrogen-bond donors (Lipinski definition) is 2. The molecule has 0 radical (unpaired) electrons. The fraction of sp³-hybridized carbons (Fsp3) is 0.538. The van der Waals surface area contributed by atoms with Crippen molar-refractivity contribution in [1.29, 1.82) is 0 Å². The Labute approximate surface area is 114 Å². The minimum absolute atomic E-state index is 0.0699. The van der Waals surface area contributed by atoms with Gasteiger partial charge in [0.25, 0.3) is 0 Å². The lowest BCUT2D eigenvalue weighted by Crippen LogP contribution is -2.49. The van der Waals surface area contributed by atoms with Gasteiger partial charge in [0.1, 0.15) is 5.82 Å². The van der Waals surface area contributed by atoms with Crippen molar-refractivity contribution in [3.8, 4) is 0 Å². The van der Waals surface area contributed by atoms with Crippen molar-refractivity contribution in [2.45, 2.75) is 44.0 Å². The van der Waals surface area contributed by atoms with E-state index in [1.165, 1.54) is 12.1 Å². The van der Waals surface area contributed by atoms with Gasteiger partial charge in [-0.15, -0.1) is 0 Å². The summed E-state index contributed by atoms with van der Waals surface area (Å²) in [4.78, 5) is -0.0699. The molecule has 0 saturated carbocycles. The zero-order valence-electron chi connectivity index (χ0n) is 11.5. The fourth-order valence-electron chi connectivity index (χ4n) is 1.68. The highest BCUT2D eigenvalue weighted by molar-refractivity contribution is 7.89. The molecule has 4 nitrogen and oxygen atoms in total. The van der Waals surface area contributed by atoms with Gasteiger partial charge in [0.05, 0.1) is 4.90 Å². The Hall–Kier alpha value is -0.980. The van der Waals surface area contributed by atoms with E-state index < -0.39 is 21.4 Å². The third-order valence-corrected chi connectivity index (χ3v) is 4.73. The van der Waals surface area contributed by atoms with Crippen LogP contribution >= 0.6 is 0 Å². The van der Waals surface area contributed by atoms with E-state index in [0.29, 0.717) is 18.4 Å². The lowest BCUT2D eigenvalue weighted by molar-refractivity contribution is 0.391. The highest BCUT2D eigenvalue weighted by atomic mass is 32.2. The Morgan fingerprint density at radius 3 is 2.32 bits per heavy atom. The summed E-state index contributed by atoms with van der Waals surface area (Å²) >= 11 is 0. The van der Waals surface area contributed by atoms with Gasteiger partial charge in [0.2, 0.25) is 10.0 Å². The topological polar surface area (TPSA) is 72.2 Å². The normalized spacial score (nSPS) is 12.7. The number of rotatable bonds is 6. The molecule has 0 amide bonds. The molecule has 1 aromatic rings. The van der Waals surface area contributed by atoms with E-state index in [0.717, 1.165) is 6.07 Å². The molecule has 0 saturated heterocycles. The molecular weight excluding hydrogens is 267 g/mol. The molecule has 1 rings (SSSR count). The average Bonchev–Trinajstić information content (AvgIpc) is 2.35. The molecule has 0 bridgehead atoms. The molecule has 0 unspecified atom stereocenters. The second-order valence-electron chi connectivity index (χ2n) is 4.86. The van der Waals surface area contributed by atoms with Crippen LogP contribution < -0.4 is 10.5 Å². The Kier molecular flexibility index (Phi) is 5.06. The van der Waals surface area contributed by atoms with Gasteiger partial charge in [0.15, 0.2) is 0 Å². The van der Waals surface area contributed by atoms with Crippen LogP contribution in [0.4, 0.5) is 4.39 Å². The van der Waals surface area contributed by atoms with E-state index in [1.54, 1.807) is 6.92 Å². The monoisotopic (exact) mass is 288 g/mol. The Bertz CT molecular complexity index is 519. The SMILES string of the molecule is CCC(N)(CC)CNS(=O)(=O)c1cc(C)cc(F)c1. The molecule has 0 aliphatic carbocycles. The molecule has 0 heterocycles. The van der Waals surface area contributed by atoms with Crippen LogP contribution in [-0.2, 0) is 10.0 Å². The van der Waals surface area contributed by atoms with Crippen molar-refractivity contribution < 1.29 is 12.8 Å². The zero-order chi connectivity index (χ0) is 14.7. The average molecular weight is 288 g/mol. The van der Waals surface area contributed by atoms with Crippen LogP contribution in [0.25, 0.3) is 0 Å². The van der Waals surface area contributed by atoms with Crippen molar-refractivity contribution in [2.24, 2.45) is 5.73 Å². The molecule has 0 atom stereocenters. The maximum absolute atomic E-state index is 13.2. The van der Waals surface area contributed by atoms with Crippen LogP contribution in [0.3, 0.4) is 0 Å². The van der Waals surface area contributed by atoms with E-state index in [1.807, 2.05) is 13.8 Å². The Morgan fingerprint density at radius 1 is 1.26 bits per heavy atom. The maximum atomic E-state index is 13.2. The second kappa shape index (κ2) is 5.98. The molecule has 108 valence electrons. The molecule has 0 aliphatic heterocycles. The molecule has 0 spiro atoms. The second-order valence-corrected chi connectivity index (χ2v) is 6.63. The van der Waals surface area contributed by atoms with Gasteiger partial charge >= 0.3 is 0 Å². The third-order valence-electron chi connectivity index (χ3n) is 3.35. The van der Waals surface area contributed by atoms with Gasteiger partial charge in [0, 0.05) is 12.1 Å². The third kappa shape index (κ3) is 4.26. The Balaban J connectivity index is 2.93. The number of aryl methyl sites for hydroxylation is 1. The van der Waals surface area contributed by atoms with Gasteiger partial charge in [-0.3, -0.25) is 0 Å². The van der Waals surface area contributed by atoms with E-state index in [2.05, 4.69) is 4.72 Å². The molecule has 0 aliphatic rings. The summed E-state index contributed by atoms with van der Waals surface area (Å²) in [6, 6.07) is 3.72. The van der Waals surface area contributed by atoms with Gasteiger partial charge in [-0.1, -0.05) is 13.8 Å². The van der Waals surface area contributed by atoms with Crippen molar-refractivity contribution in [2.75, 3.05) is 6.54 Å². The number of halogens is 1. The summed E-state index contributed by atoms with van der Waals surface area (Å²) in [7, 11) is -3.73. The van der Waals surface area contributed by atoms with Crippen molar-refractivity contribution >= 4 is 10.0 Å². The molecule has 6 heteroatoms. The Morgan fingerprint density at radius 2 is 1.84 bits per heavy atom. The fourth-order valence-corrected chi connectivity index (χ4v) is 2.93. The predicted octanol–water partition coefficient (Wildman–Crippen LogP) is 1.93. The van der Waals surface area contributed by atoms with Crippen LogP contribution in [0.1, 0.15) is 32.3 Å². The van der Waals surface area contributed by atoms with Crippen molar-refractivity contribution in [3.63, 3.8) is 0 Å². The highest BCUT2D eigenvalue weighted by Gasteiger charge is 2.24. The van der Waals surface area contributed by atoms with E-state index in [9.17, 15) is 12.8 Å². The molecule has 3 N–H and O–H groups in total. The van der Waals surface area contributed by atoms with E-state index in [4.69, 9.17) is 5.73 Å². The van der Waals surface area contributed by atoms with Crippen molar-refractivity contribution in [3.05, 3.63) is 29.6 Å². The number of benzene rings is 1. The molecule has 0 aromatic heterocycles. The first-order chi connectivity index (χ1) is 8.72. The van der Waals surface area contributed by atoms with Crippen LogP contribution in [0.2, 0.25) is 0 Å². The summed E-state index contributed by atoms with van der Waals surface area (Å²) in [6.07, 6.45) is 1.32. The number of hydrogen-bond acceptors (Lipinski definition) is 3. The van der Waals surface area contributed by atoms with Crippen LogP contribution in [-0.4, -0.2) is 20.5 Å². The van der Waals surface area contributed by atoms with E-state index >= 15 is 0 Å². The smallest absolute Gasteiger partial charge is 0.240 e. The summed E-state index contributed by atoms with van der Waals surface area (Å²) in [5, 5.41) is 0. The number of nitrogens with two attached hydrogens (primary N) is 1. The van der Waals surface area contributed by atoms with Gasteiger partial charge < -0.3 is 5.73 Å². The highest BCUT2D eigenvalue weighted by Crippen LogP contribution is 2.15. The summed E-state index contributed by atoms with van der Waals surface area (Å²) in [5.74, 6) is -0.564. The van der Waals surface area contributed by atoms with Crippen molar-refractivity contribution in [1.82, 2.24) is 4.72 Å². The number of sulfonamides is 1. The molecule has 19 heavy (non-hydrogen) atoms. The zero-order valence-corrected chi connectivity index (χ0v) is 12.3. The number of nitrogens with one attached hydrogen (secondary N) is 1. The minimum Gasteiger partial charge on any atom is -0.324 e. The maximum Gasteiger partial charge on any atom is 0.240 e. The standard InChI is InChI=1S/C13H21FN2O2S/c1-4-13(15,5-2)9-16-19(17,18)12-7-10(3)6-11(14)8-12/h6-8,16H,4-5,9,15H2,1-3H3. The lowest BCUT2D eigenvalue weighted by atomic mass is 9.95. The van der Waals surface area contributed by atoms with Gasteiger partial charge in [-0.25, -0.2) is 17.5 Å². The van der Waals surface area contributed by atoms with Crippen LogP contribution in [0.5, 0.6) is 0 Å². The summed E-state index contributed by atoms with van der Waals surface area (Å²) in [5.41, 5.74) is 6.03. The summed E-state index contributed by atoms with van der Waals surface area (Å²) in [6.45, 7) is 5.60. The molecule has 0 fully saturated rings. The largest absolute Gasteiger partial charge is 0.324 e. The summed E-state index contributed by atoms with van der Waals surface area (Å²) < 4.78 is 39.9. The molecular formula is C13H21FN2O2S. The molecule has 1 aromatic carbocycles.